The molecule has 2 amide bonds. The van der Waals surface area contributed by atoms with E-state index in [4.69, 9.17) is 23.2 Å². The second-order valence-electron chi connectivity index (χ2n) is 9.68. The zero-order valence-corrected chi connectivity index (χ0v) is 21.5. The number of amides is 2. The zero-order valence-electron chi connectivity index (χ0n) is 20.0. The number of pyridine rings is 1. The van der Waals surface area contributed by atoms with Crippen LogP contribution in [0.2, 0.25) is 10.3 Å². The molecule has 9 nitrogen and oxygen atoms in total. The first kappa shape index (κ1) is 27.4. The Morgan fingerprint density at radius 2 is 1.69 bits per heavy atom. The molecular formula is C25H27Cl2N3O6. The van der Waals surface area contributed by atoms with Crippen LogP contribution in [0.5, 0.6) is 0 Å². The van der Waals surface area contributed by atoms with Crippen LogP contribution in [0.15, 0.2) is 36.4 Å². The fourth-order valence-corrected chi connectivity index (χ4v) is 4.98. The maximum atomic E-state index is 13.0. The largest absolute Gasteiger partial charge is 0.481 e. The van der Waals surface area contributed by atoms with E-state index in [0.717, 1.165) is 0 Å². The molecule has 0 radical (unpaired) electrons. The third-order valence-electron chi connectivity index (χ3n) is 7.34. The highest BCUT2D eigenvalue weighted by molar-refractivity contribution is 6.35. The zero-order chi connectivity index (χ0) is 26.8. The minimum Gasteiger partial charge on any atom is -0.481 e. The summed E-state index contributed by atoms with van der Waals surface area (Å²) in [6.07, 6.45) is 0.691. The predicted molar refractivity (Wildman–Crippen MR) is 134 cm³/mol. The van der Waals surface area contributed by atoms with Gasteiger partial charge >= 0.3 is 11.9 Å². The molecule has 1 aromatic heterocycles. The van der Waals surface area contributed by atoms with E-state index in [0.29, 0.717) is 24.1 Å². The number of aromatic nitrogens is 1. The molecule has 3 atom stereocenters. The number of carboxylic acids is 2. The van der Waals surface area contributed by atoms with E-state index in [1.807, 2.05) is 0 Å². The summed E-state index contributed by atoms with van der Waals surface area (Å²) >= 11 is 11.7. The number of aliphatic carboxylic acids is 2. The van der Waals surface area contributed by atoms with Gasteiger partial charge < -0.3 is 20.8 Å². The van der Waals surface area contributed by atoms with Crippen molar-refractivity contribution in [1.29, 1.82) is 0 Å². The van der Waals surface area contributed by atoms with E-state index in [1.165, 1.54) is 12.1 Å². The molecule has 0 bridgehead atoms. The molecule has 0 aliphatic heterocycles. The molecule has 192 valence electrons. The number of carbonyl (C=O) groups is 4. The average molecular weight is 536 g/mol. The summed E-state index contributed by atoms with van der Waals surface area (Å²) in [5.74, 6) is -3.77. The van der Waals surface area contributed by atoms with E-state index >= 15 is 0 Å². The smallest absolute Gasteiger partial charge is 0.326 e. The minimum absolute atomic E-state index is 0.00553. The van der Waals surface area contributed by atoms with Gasteiger partial charge in [0.25, 0.3) is 5.91 Å². The molecule has 1 heterocycles. The normalized spacial score (nSPS) is 21.4. The maximum absolute atomic E-state index is 13.0. The van der Waals surface area contributed by atoms with Gasteiger partial charge in [-0.15, -0.1) is 0 Å². The Kier molecular flexibility index (Phi) is 7.95. The van der Waals surface area contributed by atoms with Crippen molar-refractivity contribution in [3.8, 4) is 0 Å². The molecule has 4 N–H and O–H groups in total. The monoisotopic (exact) mass is 535 g/mol. The lowest BCUT2D eigenvalue weighted by Crippen LogP contribution is -2.49. The number of halogens is 2. The molecule has 2 aromatic rings. The predicted octanol–water partition coefficient (Wildman–Crippen LogP) is 4.28. The highest BCUT2D eigenvalue weighted by Gasteiger charge is 2.58. The molecule has 1 saturated carbocycles. The Balaban J connectivity index is 1.66. The lowest BCUT2D eigenvalue weighted by atomic mass is 9.65. The van der Waals surface area contributed by atoms with Crippen molar-refractivity contribution in [2.75, 3.05) is 5.32 Å². The van der Waals surface area contributed by atoms with E-state index < -0.39 is 46.5 Å². The number of carbonyl (C=O) groups excluding carboxylic acids is 2. The molecular weight excluding hydrogens is 509 g/mol. The summed E-state index contributed by atoms with van der Waals surface area (Å²) in [5, 5.41) is 24.8. The first-order valence-electron chi connectivity index (χ1n) is 11.2. The number of anilines is 1. The SMILES string of the molecule is CC1(C(=O)O)CCC(C(=O)NC(Cc2ccc(NC(=O)c3ccc(Cl)nc3Cl)cc2)C(=O)O)C1(C)C. The van der Waals surface area contributed by atoms with Crippen LogP contribution in [-0.2, 0) is 20.8 Å². The summed E-state index contributed by atoms with van der Waals surface area (Å²) in [6.45, 7) is 5.08. The fourth-order valence-electron chi connectivity index (χ4n) is 4.55. The van der Waals surface area contributed by atoms with Crippen molar-refractivity contribution >= 4 is 52.6 Å². The minimum atomic E-state index is -1.21. The highest BCUT2D eigenvalue weighted by Crippen LogP contribution is 2.56. The van der Waals surface area contributed by atoms with Gasteiger partial charge in [-0.1, -0.05) is 49.2 Å². The molecule has 1 fully saturated rings. The molecule has 3 unspecified atom stereocenters. The highest BCUT2D eigenvalue weighted by atomic mass is 35.5. The van der Waals surface area contributed by atoms with Gasteiger partial charge in [0.1, 0.15) is 16.3 Å². The maximum Gasteiger partial charge on any atom is 0.326 e. The van der Waals surface area contributed by atoms with E-state index in [9.17, 15) is 29.4 Å². The number of nitrogens with zero attached hydrogens (tertiary/aromatic N) is 1. The van der Waals surface area contributed by atoms with Crippen molar-refractivity contribution in [3.63, 3.8) is 0 Å². The van der Waals surface area contributed by atoms with Crippen LogP contribution in [0.3, 0.4) is 0 Å². The van der Waals surface area contributed by atoms with E-state index in [1.54, 1.807) is 45.0 Å². The molecule has 0 saturated heterocycles. The van der Waals surface area contributed by atoms with Crippen molar-refractivity contribution in [1.82, 2.24) is 10.3 Å². The van der Waals surface area contributed by atoms with Crippen LogP contribution < -0.4 is 10.6 Å². The van der Waals surface area contributed by atoms with Gasteiger partial charge in [0.15, 0.2) is 0 Å². The quantitative estimate of drug-likeness (QED) is 0.369. The number of hydrogen-bond acceptors (Lipinski definition) is 5. The number of benzene rings is 1. The second kappa shape index (κ2) is 10.4. The van der Waals surface area contributed by atoms with E-state index in [-0.39, 0.29) is 22.3 Å². The van der Waals surface area contributed by atoms with Crippen molar-refractivity contribution < 1.29 is 29.4 Å². The first-order valence-corrected chi connectivity index (χ1v) is 12.0. The lowest BCUT2D eigenvalue weighted by Gasteiger charge is -2.38. The van der Waals surface area contributed by atoms with Crippen LogP contribution in [0.4, 0.5) is 5.69 Å². The Morgan fingerprint density at radius 1 is 1.06 bits per heavy atom. The Bertz CT molecular complexity index is 1200. The van der Waals surface area contributed by atoms with Crippen molar-refractivity contribution in [3.05, 3.63) is 57.8 Å². The Hall–Kier alpha value is -3.17. The van der Waals surface area contributed by atoms with Crippen molar-refractivity contribution in [2.24, 2.45) is 16.7 Å². The molecule has 36 heavy (non-hydrogen) atoms. The number of rotatable bonds is 8. The molecule has 0 spiro atoms. The second-order valence-corrected chi connectivity index (χ2v) is 10.4. The van der Waals surface area contributed by atoms with Crippen LogP contribution in [0.1, 0.15) is 49.5 Å². The van der Waals surface area contributed by atoms with Crippen LogP contribution in [0.25, 0.3) is 0 Å². The summed E-state index contributed by atoms with van der Waals surface area (Å²) < 4.78 is 0. The van der Waals surface area contributed by atoms with Crippen LogP contribution in [0, 0.1) is 16.7 Å². The van der Waals surface area contributed by atoms with Gasteiger partial charge in [0, 0.05) is 18.0 Å². The summed E-state index contributed by atoms with van der Waals surface area (Å²) in [4.78, 5) is 53.0. The van der Waals surface area contributed by atoms with E-state index in [2.05, 4.69) is 15.6 Å². The molecule has 1 aliphatic carbocycles. The summed E-state index contributed by atoms with van der Waals surface area (Å²) in [7, 11) is 0. The third kappa shape index (κ3) is 5.47. The van der Waals surface area contributed by atoms with Crippen LogP contribution in [-0.4, -0.2) is 45.0 Å². The average Bonchev–Trinajstić information content (AvgIpc) is 3.04. The van der Waals surface area contributed by atoms with Crippen LogP contribution >= 0.6 is 23.2 Å². The van der Waals surface area contributed by atoms with Gasteiger partial charge in [0.05, 0.1) is 11.0 Å². The fraction of sp³-hybridized carbons (Fsp3) is 0.400. The number of nitrogens with one attached hydrogen (secondary N) is 2. The van der Waals surface area contributed by atoms with Gasteiger partial charge in [-0.2, -0.15) is 0 Å². The van der Waals surface area contributed by atoms with Gasteiger partial charge in [-0.05, 0) is 55.0 Å². The third-order valence-corrected chi connectivity index (χ3v) is 7.84. The molecule has 3 rings (SSSR count). The van der Waals surface area contributed by atoms with Gasteiger partial charge in [0.2, 0.25) is 5.91 Å². The first-order chi connectivity index (χ1) is 16.8. The molecule has 11 heteroatoms. The Labute approximate surface area is 218 Å². The van der Waals surface area contributed by atoms with Gasteiger partial charge in [-0.3, -0.25) is 14.4 Å². The Morgan fingerprint density at radius 3 is 2.22 bits per heavy atom. The molecule has 1 aliphatic rings. The molecule has 1 aromatic carbocycles. The van der Waals surface area contributed by atoms with Gasteiger partial charge in [-0.25, -0.2) is 9.78 Å². The van der Waals surface area contributed by atoms with Crippen molar-refractivity contribution in [2.45, 2.75) is 46.1 Å². The topological polar surface area (TPSA) is 146 Å². The standard InChI is InChI=1S/C25H27Cl2N3O6/c1-24(2)16(10-11-25(24,3)23(35)36)21(32)29-17(22(33)34)12-13-4-6-14(7-5-13)28-20(31)15-8-9-18(26)30-19(15)27/h4-9,16-17H,10-12H2,1-3H3,(H,28,31)(H,29,32)(H,33,34)(H,35,36). The lowest BCUT2D eigenvalue weighted by molar-refractivity contribution is -0.155. The summed E-state index contributed by atoms with van der Waals surface area (Å²) in [5.41, 5.74) is -0.721. The number of hydrogen-bond donors (Lipinski definition) is 4. The number of carboxylic acid groups (broad SMARTS) is 2. The summed E-state index contributed by atoms with van der Waals surface area (Å²) in [6, 6.07) is 8.17.